The van der Waals surface area contributed by atoms with Crippen molar-refractivity contribution in [1.82, 2.24) is 14.3 Å². The zero-order valence-corrected chi connectivity index (χ0v) is 21.1. The lowest BCUT2D eigenvalue weighted by Gasteiger charge is -2.21. The third-order valence-electron chi connectivity index (χ3n) is 4.60. The molecule has 0 aromatic heterocycles. The van der Waals surface area contributed by atoms with Crippen molar-refractivity contribution in [3.05, 3.63) is 96.7 Å². The second-order valence-electron chi connectivity index (χ2n) is 6.76. The maximum atomic E-state index is 13.1. The molecular weight excluding hydrogens is 550 g/mol. The van der Waals surface area contributed by atoms with Crippen LogP contribution in [0.3, 0.4) is 0 Å². The highest BCUT2D eigenvalue weighted by atomic mass is 35.5. The van der Waals surface area contributed by atoms with E-state index in [2.05, 4.69) is 14.8 Å². The second kappa shape index (κ2) is 9.69. The summed E-state index contributed by atoms with van der Waals surface area (Å²) < 4.78 is 33.3. The van der Waals surface area contributed by atoms with E-state index in [1.807, 2.05) is 0 Å². The second-order valence-corrected chi connectivity index (χ2v) is 10.9. The normalized spacial score (nSPS) is 14.8. The van der Waals surface area contributed by atoms with Crippen LogP contribution in [0.25, 0.3) is 0 Å². The number of allylic oxidation sites excluding steroid dienone is 2. The summed E-state index contributed by atoms with van der Waals surface area (Å²) in [6, 6.07) is 7.30. The van der Waals surface area contributed by atoms with Crippen LogP contribution in [0.2, 0.25) is 20.1 Å². The average molecular weight is 564 g/mol. The summed E-state index contributed by atoms with van der Waals surface area (Å²) in [4.78, 5) is 13.0. The first-order valence-electron chi connectivity index (χ1n) is 9.20. The van der Waals surface area contributed by atoms with Gasteiger partial charge >= 0.3 is 0 Å². The summed E-state index contributed by atoms with van der Waals surface area (Å²) in [5, 5.41) is 3.90. The van der Waals surface area contributed by atoms with Crippen LogP contribution in [0.1, 0.15) is 15.9 Å². The topological polar surface area (TPSA) is 90.5 Å². The number of carbonyl (C=O) groups is 1. The smallest absolute Gasteiger partial charge is 0.264 e. The molecule has 1 amide bonds. The minimum atomic E-state index is -4.05. The van der Waals surface area contributed by atoms with E-state index in [0.29, 0.717) is 26.3 Å². The van der Waals surface area contributed by atoms with Crippen LogP contribution in [0, 0.1) is 0 Å². The summed E-state index contributed by atoms with van der Waals surface area (Å²) in [5.41, 5.74) is 1.02. The van der Waals surface area contributed by atoms with Gasteiger partial charge in [-0.25, -0.2) is 8.42 Å². The highest BCUT2D eigenvalue weighted by Crippen LogP contribution is 2.35. The Balaban J connectivity index is 1.59. The molecule has 2 heterocycles. The molecule has 0 radical (unpaired) electrons. The predicted molar refractivity (Wildman–Crippen MR) is 135 cm³/mol. The molecule has 0 unspecified atom stereocenters. The van der Waals surface area contributed by atoms with Gasteiger partial charge < -0.3 is 10.0 Å². The van der Waals surface area contributed by atoms with Gasteiger partial charge in [-0.05, 0) is 42.5 Å². The predicted octanol–water partition coefficient (Wildman–Crippen LogP) is 5.69. The minimum absolute atomic E-state index is 0.00315. The number of carbonyl (C=O) groups excluding carboxylic acids is 1. The molecule has 2 aromatic rings. The molecule has 0 atom stereocenters. The Hall–Kier alpha value is -2.01. The van der Waals surface area contributed by atoms with Crippen molar-refractivity contribution in [3.63, 3.8) is 0 Å². The zero-order chi connectivity index (χ0) is 23.8. The standard InChI is InChI=1S/C20H14Cl4N4O3S2/c21-11-3-4-13(20(29)25-9-14-15(23)6-12(22)7-16(14)24)17(8-11)27-33(30,31)19-2-1-5-28-18(19)10-26-32-28/h1-8,10,26-27H,9H2,(H,25,29). The Morgan fingerprint density at radius 2 is 1.79 bits per heavy atom. The number of amides is 1. The molecule has 13 heteroatoms. The van der Waals surface area contributed by atoms with Crippen LogP contribution < -0.4 is 14.8 Å². The first-order chi connectivity index (χ1) is 15.7. The van der Waals surface area contributed by atoms with Crippen molar-refractivity contribution in [1.29, 1.82) is 0 Å². The number of nitrogens with zero attached hydrogens (tertiary/aromatic N) is 1. The number of sulfonamides is 1. The molecule has 4 rings (SSSR count). The van der Waals surface area contributed by atoms with Crippen LogP contribution in [-0.2, 0) is 16.6 Å². The van der Waals surface area contributed by atoms with E-state index in [1.54, 1.807) is 22.8 Å². The molecule has 172 valence electrons. The quantitative estimate of drug-likeness (QED) is 0.391. The molecule has 2 aliphatic rings. The number of nitrogens with one attached hydrogen (secondary N) is 3. The van der Waals surface area contributed by atoms with E-state index >= 15 is 0 Å². The largest absolute Gasteiger partial charge is 0.348 e. The number of halogens is 4. The summed E-state index contributed by atoms with van der Waals surface area (Å²) in [6.45, 7) is 0.00315. The minimum Gasteiger partial charge on any atom is -0.348 e. The van der Waals surface area contributed by atoms with E-state index in [1.165, 1.54) is 48.5 Å². The van der Waals surface area contributed by atoms with E-state index in [-0.39, 0.29) is 27.7 Å². The van der Waals surface area contributed by atoms with Crippen molar-refractivity contribution in [2.75, 3.05) is 4.72 Å². The van der Waals surface area contributed by atoms with Gasteiger partial charge in [0.2, 0.25) is 0 Å². The highest BCUT2D eigenvalue weighted by Gasteiger charge is 2.30. The molecular formula is C20H14Cl4N4O3S2. The van der Waals surface area contributed by atoms with Crippen LogP contribution in [0.15, 0.2) is 65.5 Å². The summed E-state index contributed by atoms with van der Waals surface area (Å²) in [6.07, 6.45) is 6.37. The number of anilines is 1. The number of hydrogen-bond donors (Lipinski definition) is 3. The summed E-state index contributed by atoms with van der Waals surface area (Å²) in [5.74, 6) is -0.553. The van der Waals surface area contributed by atoms with E-state index in [9.17, 15) is 13.2 Å². The molecule has 0 spiro atoms. The molecule has 3 N–H and O–H groups in total. The fraction of sp³-hybridized carbons (Fsp3) is 0.0500. The van der Waals surface area contributed by atoms with Gasteiger partial charge in [-0.15, -0.1) is 0 Å². The van der Waals surface area contributed by atoms with Crippen LogP contribution in [-0.4, -0.2) is 18.6 Å². The van der Waals surface area contributed by atoms with Gasteiger partial charge in [-0.1, -0.05) is 46.4 Å². The lowest BCUT2D eigenvalue weighted by Crippen LogP contribution is -2.26. The monoisotopic (exact) mass is 562 g/mol. The lowest BCUT2D eigenvalue weighted by molar-refractivity contribution is 0.0952. The van der Waals surface area contributed by atoms with Gasteiger partial charge in [0.15, 0.2) is 0 Å². The highest BCUT2D eigenvalue weighted by molar-refractivity contribution is 7.97. The van der Waals surface area contributed by atoms with Crippen molar-refractivity contribution in [3.8, 4) is 0 Å². The molecule has 0 saturated heterocycles. The number of benzene rings is 2. The molecule has 0 fully saturated rings. The summed E-state index contributed by atoms with van der Waals surface area (Å²) >= 11 is 25.6. The summed E-state index contributed by atoms with van der Waals surface area (Å²) in [7, 11) is -4.05. The third kappa shape index (κ3) is 5.24. The van der Waals surface area contributed by atoms with Crippen LogP contribution in [0.5, 0.6) is 0 Å². The van der Waals surface area contributed by atoms with Crippen molar-refractivity contribution in [2.45, 2.75) is 6.54 Å². The molecule has 0 bridgehead atoms. The number of fused-ring (bicyclic) bond motifs is 1. The maximum absolute atomic E-state index is 13.1. The zero-order valence-electron chi connectivity index (χ0n) is 16.4. The van der Waals surface area contributed by atoms with Crippen LogP contribution in [0.4, 0.5) is 5.69 Å². The SMILES string of the molecule is O=C(NCc1c(Cl)cc(Cl)cc1Cl)c1ccc(Cl)cc1NS(=O)(=O)C1=CC=CN2SNC=C12. The first-order valence-corrected chi connectivity index (χ1v) is 13.0. The molecule has 0 saturated carbocycles. The fourth-order valence-electron chi connectivity index (χ4n) is 3.07. The molecule has 2 aliphatic heterocycles. The van der Waals surface area contributed by atoms with Crippen molar-refractivity contribution < 1.29 is 13.2 Å². The molecule has 33 heavy (non-hydrogen) atoms. The van der Waals surface area contributed by atoms with E-state index < -0.39 is 15.9 Å². The molecule has 7 nitrogen and oxygen atoms in total. The van der Waals surface area contributed by atoms with Crippen LogP contribution >= 0.6 is 58.5 Å². The Morgan fingerprint density at radius 1 is 1.06 bits per heavy atom. The molecule has 2 aromatic carbocycles. The molecule has 0 aliphatic carbocycles. The van der Waals surface area contributed by atoms with Crippen molar-refractivity contribution in [2.24, 2.45) is 0 Å². The number of hydrogen-bond acceptors (Lipinski definition) is 6. The van der Waals surface area contributed by atoms with Gasteiger partial charge in [0.05, 0.1) is 29.1 Å². The average Bonchev–Trinajstić information content (AvgIpc) is 3.21. The van der Waals surface area contributed by atoms with E-state index in [4.69, 9.17) is 46.4 Å². The Bertz CT molecular complexity index is 1320. The Morgan fingerprint density at radius 3 is 2.52 bits per heavy atom. The van der Waals surface area contributed by atoms with Gasteiger partial charge in [0.25, 0.3) is 15.9 Å². The van der Waals surface area contributed by atoms with Gasteiger partial charge in [-0.3, -0.25) is 13.8 Å². The fourth-order valence-corrected chi connectivity index (χ4v) is 6.16. The Labute approximate surface area is 214 Å². The third-order valence-corrected chi connectivity index (χ3v) is 7.88. The number of rotatable bonds is 6. The maximum Gasteiger partial charge on any atom is 0.264 e. The van der Waals surface area contributed by atoms with Gasteiger partial charge in [-0.2, -0.15) is 0 Å². The van der Waals surface area contributed by atoms with E-state index in [0.717, 1.165) is 0 Å². The van der Waals surface area contributed by atoms with Gasteiger partial charge in [0, 0.05) is 44.6 Å². The lowest BCUT2D eigenvalue weighted by atomic mass is 10.1. The van der Waals surface area contributed by atoms with Crippen molar-refractivity contribution >= 4 is 80.2 Å². The Kier molecular flexibility index (Phi) is 7.09. The van der Waals surface area contributed by atoms with Gasteiger partial charge in [0.1, 0.15) is 4.91 Å². The first kappa shape index (κ1) is 24.1.